The van der Waals surface area contributed by atoms with Crippen molar-refractivity contribution in [2.75, 3.05) is 20.0 Å². The summed E-state index contributed by atoms with van der Waals surface area (Å²) in [6, 6.07) is 17.3. The number of imidazole rings is 1. The quantitative estimate of drug-likeness (QED) is 0.373. The number of H-pyrrole nitrogens is 1. The van der Waals surface area contributed by atoms with Gasteiger partial charge >= 0.3 is 0 Å². The number of carbonyl (C=O) groups excluding carboxylic acids is 1. The lowest BCUT2D eigenvalue weighted by Crippen LogP contribution is -2.29. The summed E-state index contributed by atoms with van der Waals surface area (Å²) in [6.45, 7) is 0. The zero-order valence-corrected chi connectivity index (χ0v) is 19.8. The van der Waals surface area contributed by atoms with E-state index in [1.54, 1.807) is 30.6 Å². The molecule has 168 valence electrons. The molecule has 1 atom stereocenters. The molecule has 0 spiro atoms. The van der Waals surface area contributed by atoms with Crippen LogP contribution in [0.5, 0.6) is 11.5 Å². The number of carbonyl (C=O) groups is 1. The number of hydrogen-bond acceptors (Lipinski definition) is 7. The molecule has 5 rings (SSSR count). The lowest BCUT2D eigenvalue weighted by Gasteiger charge is -2.24. The molecule has 1 aliphatic heterocycles. The lowest BCUT2D eigenvalue weighted by molar-refractivity contribution is -0.130. The molecule has 4 aromatic rings. The number of amides is 1. The van der Waals surface area contributed by atoms with Gasteiger partial charge in [0.25, 0.3) is 5.91 Å². The maximum atomic E-state index is 13.4. The van der Waals surface area contributed by atoms with E-state index in [0.717, 1.165) is 27.2 Å². The minimum Gasteiger partial charge on any atom is -0.493 e. The van der Waals surface area contributed by atoms with Gasteiger partial charge in [-0.3, -0.25) is 4.79 Å². The Balaban J connectivity index is 1.43. The van der Waals surface area contributed by atoms with E-state index in [9.17, 15) is 4.79 Å². The number of thiophene rings is 1. The SMILES string of the molecule is COc1cccc(C2CC(c3cccs3)=NN2C(=O)CSc2nc3ccccc3[nH]2)c1OC. The number of ether oxygens (including phenoxy) is 2. The predicted octanol–water partition coefficient (Wildman–Crippen LogP) is 5.11. The van der Waals surface area contributed by atoms with Gasteiger partial charge in [0, 0.05) is 12.0 Å². The molecule has 1 aliphatic rings. The van der Waals surface area contributed by atoms with E-state index in [1.807, 2.05) is 60.0 Å². The fourth-order valence-electron chi connectivity index (χ4n) is 3.94. The van der Waals surface area contributed by atoms with E-state index >= 15 is 0 Å². The number of fused-ring (bicyclic) bond motifs is 1. The molecule has 1 amide bonds. The third-order valence-corrected chi connectivity index (χ3v) is 7.24. The Morgan fingerprint density at radius 2 is 2.03 bits per heavy atom. The van der Waals surface area contributed by atoms with E-state index in [4.69, 9.17) is 14.6 Å². The van der Waals surface area contributed by atoms with Crippen LogP contribution in [-0.4, -0.2) is 46.6 Å². The van der Waals surface area contributed by atoms with Crippen LogP contribution in [0.2, 0.25) is 0 Å². The summed E-state index contributed by atoms with van der Waals surface area (Å²) in [5.41, 5.74) is 3.59. The molecule has 9 heteroatoms. The van der Waals surface area contributed by atoms with E-state index < -0.39 is 0 Å². The fourth-order valence-corrected chi connectivity index (χ4v) is 5.40. The van der Waals surface area contributed by atoms with Gasteiger partial charge in [-0.15, -0.1) is 11.3 Å². The van der Waals surface area contributed by atoms with Crippen molar-refractivity contribution in [3.05, 3.63) is 70.4 Å². The Morgan fingerprint density at radius 3 is 2.79 bits per heavy atom. The zero-order chi connectivity index (χ0) is 22.8. The number of rotatable bonds is 7. The molecule has 2 aromatic heterocycles. The Morgan fingerprint density at radius 1 is 1.15 bits per heavy atom. The van der Waals surface area contributed by atoms with Crippen LogP contribution in [0.15, 0.2) is 70.2 Å². The first-order valence-corrected chi connectivity index (χ1v) is 12.3. The highest BCUT2D eigenvalue weighted by atomic mass is 32.2. The second-order valence-electron chi connectivity index (χ2n) is 7.41. The van der Waals surface area contributed by atoms with Gasteiger partial charge in [0.2, 0.25) is 0 Å². The number of methoxy groups -OCH3 is 2. The minimum atomic E-state index is -0.282. The van der Waals surface area contributed by atoms with Crippen molar-refractivity contribution in [1.29, 1.82) is 0 Å². The molecule has 0 bridgehead atoms. The van der Waals surface area contributed by atoms with E-state index in [1.165, 1.54) is 11.8 Å². The highest BCUT2D eigenvalue weighted by molar-refractivity contribution is 7.99. The Bertz CT molecular complexity index is 1280. The van der Waals surface area contributed by atoms with Gasteiger partial charge in [-0.2, -0.15) is 5.10 Å². The van der Waals surface area contributed by atoms with Gasteiger partial charge in [-0.05, 0) is 29.6 Å². The average molecular weight is 479 g/mol. The standard InChI is InChI=1S/C24H22N4O3S2/c1-30-20-10-5-7-15(23(20)31-2)19-13-18(21-11-6-12-32-21)27-28(19)22(29)14-33-24-25-16-8-3-4-9-17(16)26-24/h3-12,19H,13-14H2,1-2H3,(H,25,26). The molecule has 0 saturated heterocycles. The molecule has 2 aromatic carbocycles. The number of nitrogens with one attached hydrogen (secondary N) is 1. The second kappa shape index (κ2) is 9.29. The maximum absolute atomic E-state index is 13.4. The first-order chi connectivity index (χ1) is 16.2. The van der Waals surface area contributed by atoms with Gasteiger partial charge < -0.3 is 14.5 Å². The Hall–Kier alpha value is -3.30. The van der Waals surface area contributed by atoms with Gasteiger partial charge in [0.05, 0.1) is 47.6 Å². The van der Waals surface area contributed by atoms with E-state index in [-0.39, 0.29) is 17.7 Å². The summed E-state index contributed by atoms with van der Waals surface area (Å²) >= 11 is 2.99. The van der Waals surface area contributed by atoms with Gasteiger partial charge in [0.1, 0.15) is 0 Å². The number of hydrazone groups is 1. The van der Waals surface area contributed by atoms with Gasteiger partial charge in [0.15, 0.2) is 16.7 Å². The van der Waals surface area contributed by atoms with Crippen molar-refractivity contribution in [2.24, 2.45) is 5.10 Å². The van der Waals surface area contributed by atoms with Crippen molar-refractivity contribution < 1.29 is 14.3 Å². The molecule has 7 nitrogen and oxygen atoms in total. The molecule has 3 heterocycles. The number of benzene rings is 2. The molecule has 33 heavy (non-hydrogen) atoms. The van der Waals surface area contributed by atoms with Gasteiger partial charge in [-0.25, -0.2) is 9.99 Å². The number of nitrogens with zero attached hydrogens (tertiary/aromatic N) is 3. The van der Waals surface area contributed by atoms with Crippen LogP contribution in [0.1, 0.15) is 22.9 Å². The zero-order valence-electron chi connectivity index (χ0n) is 18.1. The third kappa shape index (κ3) is 4.21. The maximum Gasteiger partial charge on any atom is 0.253 e. The van der Waals surface area contributed by atoms with Crippen molar-refractivity contribution in [3.8, 4) is 11.5 Å². The summed E-state index contributed by atoms with van der Waals surface area (Å²) in [6.07, 6.45) is 0.602. The fraction of sp³-hybridized carbons (Fsp3) is 0.208. The van der Waals surface area contributed by atoms with Crippen LogP contribution in [0.25, 0.3) is 11.0 Å². The van der Waals surface area contributed by atoms with Crippen LogP contribution in [0, 0.1) is 0 Å². The lowest BCUT2D eigenvalue weighted by atomic mass is 9.99. The van der Waals surface area contributed by atoms with Crippen LogP contribution in [0.4, 0.5) is 0 Å². The van der Waals surface area contributed by atoms with Crippen LogP contribution < -0.4 is 9.47 Å². The molecule has 1 N–H and O–H groups in total. The largest absolute Gasteiger partial charge is 0.493 e. The first kappa shape index (κ1) is 21.5. The first-order valence-electron chi connectivity index (χ1n) is 10.4. The van der Waals surface area contributed by atoms with Crippen LogP contribution in [-0.2, 0) is 4.79 Å². The normalized spacial score (nSPS) is 15.6. The summed E-state index contributed by atoms with van der Waals surface area (Å²) < 4.78 is 11.2. The van der Waals surface area contributed by atoms with Crippen molar-refractivity contribution >= 4 is 45.8 Å². The number of para-hydroxylation sites is 3. The topological polar surface area (TPSA) is 79.8 Å². The number of aromatic nitrogens is 2. The highest BCUT2D eigenvalue weighted by Crippen LogP contribution is 2.42. The third-order valence-electron chi connectivity index (χ3n) is 5.46. The van der Waals surface area contributed by atoms with Crippen molar-refractivity contribution in [1.82, 2.24) is 15.0 Å². The molecular formula is C24H22N4O3S2. The summed E-state index contributed by atoms with van der Waals surface area (Å²) in [7, 11) is 3.22. The molecule has 0 radical (unpaired) electrons. The molecule has 0 saturated carbocycles. The van der Waals surface area contributed by atoms with Gasteiger partial charge in [-0.1, -0.05) is 42.1 Å². The Kier molecular flexibility index (Phi) is 6.06. The van der Waals surface area contributed by atoms with E-state index in [0.29, 0.717) is 23.1 Å². The van der Waals surface area contributed by atoms with E-state index in [2.05, 4.69) is 9.97 Å². The average Bonchev–Trinajstić information content (AvgIpc) is 3.60. The molecule has 1 unspecified atom stereocenters. The molecule has 0 fully saturated rings. The van der Waals surface area contributed by atoms with Crippen LogP contribution in [0.3, 0.4) is 0 Å². The Labute approximate surface area is 199 Å². The summed E-state index contributed by atoms with van der Waals surface area (Å²) in [4.78, 5) is 22.3. The smallest absolute Gasteiger partial charge is 0.253 e. The number of hydrogen-bond donors (Lipinski definition) is 1. The number of thioether (sulfide) groups is 1. The second-order valence-corrected chi connectivity index (χ2v) is 9.32. The summed E-state index contributed by atoms with van der Waals surface area (Å²) in [5, 5.41) is 9.05. The molecular weight excluding hydrogens is 456 g/mol. The van der Waals surface area contributed by atoms with Crippen molar-refractivity contribution in [2.45, 2.75) is 17.6 Å². The molecule has 0 aliphatic carbocycles. The monoisotopic (exact) mass is 478 g/mol. The minimum absolute atomic E-state index is 0.0955. The summed E-state index contributed by atoms with van der Waals surface area (Å²) in [5.74, 6) is 1.37. The highest BCUT2D eigenvalue weighted by Gasteiger charge is 2.35. The van der Waals surface area contributed by atoms with Crippen LogP contribution >= 0.6 is 23.1 Å². The number of aromatic amines is 1. The van der Waals surface area contributed by atoms with Crippen molar-refractivity contribution in [3.63, 3.8) is 0 Å². The predicted molar refractivity (Wildman–Crippen MR) is 131 cm³/mol.